The van der Waals surface area contributed by atoms with Crippen LogP contribution in [0.1, 0.15) is 55.8 Å². The number of hydrogen-bond donors (Lipinski definition) is 2. The molecule has 2 atom stereocenters. The Morgan fingerprint density at radius 1 is 0.875 bits per heavy atom. The first-order valence-electron chi connectivity index (χ1n) is 9.33. The highest BCUT2D eigenvalue weighted by atomic mass is 16.3. The molecule has 2 aromatic carbocycles. The molecule has 1 saturated carbocycles. The van der Waals surface area contributed by atoms with Gasteiger partial charge in [0, 0.05) is 12.6 Å². The van der Waals surface area contributed by atoms with Crippen LogP contribution in [0.2, 0.25) is 0 Å². The van der Waals surface area contributed by atoms with Crippen LogP contribution in [0.15, 0.2) is 60.7 Å². The van der Waals surface area contributed by atoms with Gasteiger partial charge in [-0.15, -0.1) is 0 Å². The van der Waals surface area contributed by atoms with Crippen LogP contribution in [0.3, 0.4) is 0 Å². The van der Waals surface area contributed by atoms with Gasteiger partial charge >= 0.3 is 0 Å². The van der Waals surface area contributed by atoms with Crippen LogP contribution in [0, 0.1) is 5.92 Å². The number of aliphatic hydroxyl groups is 1. The summed E-state index contributed by atoms with van der Waals surface area (Å²) in [5.74, 6) is 0.681. The summed E-state index contributed by atoms with van der Waals surface area (Å²) in [5.41, 5.74) is 2.34. The molecule has 2 aromatic rings. The molecule has 1 aliphatic rings. The highest BCUT2D eigenvalue weighted by Gasteiger charge is 2.26. The van der Waals surface area contributed by atoms with Crippen molar-refractivity contribution < 1.29 is 5.11 Å². The predicted octanol–water partition coefficient (Wildman–Crippen LogP) is 4.85. The van der Waals surface area contributed by atoms with E-state index in [1.54, 1.807) is 0 Å². The van der Waals surface area contributed by atoms with Crippen LogP contribution in [-0.2, 0) is 6.54 Å². The van der Waals surface area contributed by atoms with E-state index in [0.29, 0.717) is 12.0 Å². The summed E-state index contributed by atoms with van der Waals surface area (Å²) in [4.78, 5) is 0. The molecule has 1 fully saturated rings. The summed E-state index contributed by atoms with van der Waals surface area (Å²) in [6.45, 7) is 0.878. The molecule has 0 saturated heterocycles. The molecular formula is C22H29NO. The average molecular weight is 323 g/mol. The molecule has 0 heterocycles. The first-order chi connectivity index (χ1) is 11.8. The lowest BCUT2D eigenvalue weighted by atomic mass is 9.81. The van der Waals surface area contributed by atoms with Gasteiger partial charge in [0.1, 0.15) is 0 Å². The SMILES string of the molecule is O[C@H](C[C@H](NCc1ccccc1)C1CCCCC1)c1ccccc1. The Morgan fingerprint density at radius 2 is 1.50 bits per heavy atom. The Kier molecular flexibility index (Phi) is 6.45. The van der Waals surface area contributed by atoms with E-state index in [2.05, 4.69) is 35.6 Å². The predicted molar refractivity (Wildman–Crippen MR) is 99.7 cm³/mol. The maximum atomic E-state index is 10.7. The molecule has 1 aliphatic carbocycles. The van der Waals surface area contributed by atoms with Crippen LogP contribution in [0.25, 0.3) is 0 Å². The van der Waals surface area contributed by atoms with E-state index in [1.165, 1.54) is 37.7 Å². The molecule has 24 heavy (non-hydrogen) atoms. The van der Waals surface area contributed by atoms with Gasteiger partial charge in [-0.05, 0) is 36.3 Å². The van der Waals surface area contributed by atoms with Crippen LogP contribution >= 0.6 is 0 Å². The third-order valence-corrected chi connectivity index (χ3v) is 5.29. The first kappa shape index (κ1) is 17.2. The lowest BCUT2D eigenvalue weighted by molar-refractivity contribution is 0.126. The Balaban J connectivity index is 1.64. The Labute approximate surface area is 145 Å². The van der Waals surface area contributed by atoms with Crippen molar-refractivity contribution in [3.05, 3.63) is 71.8 Å². The second-order valence-corrected chi connectivity index (χ2v) is 7.03. The van der Waals surface area contributed by atoms with Gasteiger partial charge in [0.05, 0.1) is 6.10 Å². The summed E-state index contributed by atoms with van der Waals surface area (Å²) >= 11 is 0. The van der Waals surface area contributed by atoms with Crippen molar-refractivity contribution in [3.63, 3.8) is 0 Å². The molecule has 0 amide bonds. The number of aliphatic hydroxyl groups excluding tert-OH is 1. The number of hydrogen-bond acceptors (Lipinski definition) is 2. The fourth-order valence-corrected chi connectivity index (χ4v) is 3.88. The monoisotopic (exact) mass is 323 g/mol. The van der Waals surface area contributed by atoms with Gasteiger partial charge in [0.25, 0.3) is 0 Å². The van der Waals surface area contributed by atoms with Gasteiger partial charge in [-0.1, -0.05) is 79.9 Å². The van der Waals surface area contributed by atoms with Gasteiger partial charge in [-0.3, -0.25) is 0 Å². The minimum Gasteiger partial charge on any atom is -0.388 e. The van der Waals surface area contributed by atoms with Gasteiger partial charge in [0.2, 0.25) is 0 Å². The lowest BCUT2D eigenvalue weighted by Crippen LogP contribution is -2.38. The number of nitrogens with one attached hydrogen (secondary N) is 1. The highest BCUT2D eigenvalue weighted by Crippen LogP contribution is 2.31. The summed E-state index contributed by atoms with van der Waals surface area (Å²) in [7, 11) is 0. The molecule has 2 N–H and O–H groups in total. The summed E-state index contributed by atoms with van der Waals surface area (Å²) in [6.07, 6.45) is 7.00. The Hall–Kier alpha value is -1.64. The van der Waals surface area contributed by atoms with Crippen molar-refractivity contribution in [2.45, 2.75) is 57.2 Å². The van der Waals surface area contributed by atoms with Crippen LogP contribution in [0.5, 0.6) is 0 Å². The van der Waals surface area contributed by atoms with Crippen molar-refractivity contribution in [2.24, 2.45) is 5.92 Å². The van der Waals surface area contributed by atoms with E-state index in [4.69, 9.17) is 0 Å². The zero-order valence-corrected chi connectivity index (χ0v) is 14.4. The van der Waals surface area contributed by atoms with E-state index in [1.807, 2.05) is 30.3 Å². The van der Waals surface area contributed by atoms with Gasteiger partial charge in [-0.2, -0.15) is 0 Å². The van der Waals surface area contributed by atoms with Gasteiger partial charge in [-0.25, -0.2) is 0 Å². The maximum absolute atomic E-state index is 10.7. The smallest absolute Gasteiger partial charge is 0.0805 e. The van der Waals surface area contributed by atoms with Crippen LogP contribution < -0.4 is 5.32 Å². The van der Waals surface area contributed by atoms with Crippen LogP contribution in [0.4, 0.5) is 0 Å². The normalized spacial score (nSPS) is 18.2. The van der Waals surface area contributed by atoms with E-state index in [9.17, 15) is 5.11 Å². The fourth-order valence-electron chi connectivity index (χ4n) is 3.88. The zero-order chi connectivity index (χ0) is 16.6. The molecule has 0 spiro atoms. The molecule has 2 nitrogen and oxygen atoms in total. The molecular weight excluding hydrogens is 294 g/mol. The number of rotatable bonds is 7. The highest BCUT2D eigenvalue weighted by molar-refractivity contribution is 5.18. The van der Waals surface area contributed by atoms with Gasteiger partial charge in [0.15, 0.2) is 0 Å². The maximum Gasteiger partial charge on any atom is 0.0805 e. The van der Waals surface area contributed by atoms with E-state index < -0.39 is 0 Å². The van der Waals surface area contributed by atoms with Crippen molar-refractivity contribution >= 4 is 0 Å². The Morgan fingerprint density at radius 3 is 2.17 bits per heavy atom. The molecule has 0 radical (unpaired) electrons. The summed E-state index contributed by atoms with van der Waals surface area (Å²) < 4.78 is 0. The average Bonchev–Trinajstić information content (AvgIpc) is 2.67. The minimum absolute atomic E-state index is 0.376. The topological polar surface area (TPSA) is 32.3 Å². The Bertz CT molecular complexity index is 577. The lowest BCUT2D eigenvalue weighted by Gasteiger charge is -2.32. The van der Waals surface area contributed by atoms with Crippen LogP contribution in [-0.4, -0.2) is 11.1 Å². The summed E-state index contributed by atoms with van der Waals surface area (Å²) in [5, 5.41) is 14.4. The molecule has 0 unspecified atom stereocenters. The van der Waals surface area contributed by atoms with Crippen molar-refractivity contribution in [1.29, 1.82) is 0 Å². The molecule has 0 bridgehead atoms. The number of benzene rings is 2. The first-order valence-corrected chi connectivity index (χ1v) is 9.33. The quantitative estimate of drug-likeness (QED) is 0.763. The minimum atomic E-state index is -0.388. The molecule has 2 heteroatoms. The van der Waals surface area contributed by atoms with Crippen molar-refractivity contribution in [3.8, 4) is 0 Å². The second kappa shape index (κ2) is 9.00. The van der Waals surface area contributed by atoms with E-state index in [0.717, 1.165) is 18.5 Å². The zero-order valence-electron chi connectivity index (χ0n) is 14.4. The third-order valence-electron chi connectivity index (χ3n) is 5.29. The largest absolute Gasteiger partial charge is 0.388 e. The van der Waals surface area contributed by atoms with Crippen molar-refractivity contribution in [2.75, 3.05) is 0 Å². The molecule has 0 aliphatic heterocycles. The fraction of sp³-hybridized carbons (Fsp3) is 0.455. The van der Waals surface area contributed by atoms with E-state index in [-0.39, 0.29) is 6.10 Å². The second-order valence-electron chi connectivity index (χ2n) is 7.03. The molecule has 3 rings (SSSR count). The van der Waals surface area contributed by atoms with Gasteiger partial charge < -0.3 is 10.4 Å². The third kappa shape index (κ3) is 4.93. The van der Waals surface area contributed by atoms with E-state index >= 15 is 0 Å². The van der Waals surface area contributed by atoms with Crippen molar-refractivity contribution in [1.82, 2.24) is 5.32 Å². The molecule has 128 valence electrons. The molecule has 0 aromatic heterocycles. The summed E-state index contributed by atoms with van der Waals surface area (Å²) in [6, 6.07) is 21.0. The standard InChI is InChI=1S/C22H29NO/c24-22(20-14-8-3-9-15-20)16-21(19-12-6-2-7-13-19)23-17-18-10-4-1-5-11-18/h1,3-5,8-11,14-15,19,21-24H,2,6-7,12-13,16-17H2/t21-,22+/m0/s1.